The summed E-state index contributed by atoms with van der Waals surface area (Å²) in [7, 11) is 0. The third kappa shape index (κ3) is 2.39. The van der Waals surface area contributed by atoms with Crippen molar-refractivity contribution >= 4 is 23.4 Å². The number of para-hydroxylation sites is 1. The van der Waals surface area contributed by atoms with Gasteiger partial charge in [-0.05, 0) is 25.1 Å². The molecule has 0 unspecified atom stereocenters. The van der Waals surface area contributed by atoms with Crippen LogP contribution in [0.5, 0.6) is 0 Å². The Morgan fingerprint density at radius 3 is 3.06 bits per heavy atom. The minimum atomic E-state index is 0.193. The number of hydrogen-bond acceptors (Lipinski definition) is 3. The van der Waals surface area contributed by atoms with Gasteiger partial charge in [-0.25, -0.2) is 0 Å². The predicted molar refractivity (Wildman–Crippen MR) is 67.8 cm³/mol. The second-order valence-electron chi connectivity index (χ2n) is 3.75. The molecule has 86 valence electrons. The highest BCUT2D eigenvalue weighted by atomic mass is 32.2. The van der Waals surface area contributed by atoms with Gasteiger partial charge in [0, 0.05) is 23.6 Å². The van der Waals surface area contributed by atoms with Crippen LogP contribution in [-0.2, 0) is 4.79 Å². The Kier molecular flexibility index (Phi) is 3.85. The summed E-state index contributed by atoms with van der Waals surface area (Å²) in [5.74, 6) is 1.17. The molecule has 4 heteroatoms. The lowest BCUT2D eigenvalue weighted by molar-refractivity contribution is -0.118. The topological polar surface area (TPSA) is 46.3 Å². The highest BCUT2D eigenvalue weighted by Gasteiger charge is 2.21. The Hall–Kier alpha value is -1.00. The van der Waals surface area contributed by atoms with Crippen molar-refractivity contribution in [3.63, 3.8) is 0 Å². The average molecular weight is 236 g/mol. The summed E-state index contributed by atoms with van der Waals surface area (Å²) in [6.07, 6.45) is 1.32. The Balaban J connectivity index is 2.15. The molecule has 2 rings (SSSR count). The minimum absolute atomic E-state index is 0.193. The van der Waals surface area contributed by atoms with Gasteiger partial charge in [-0.2, -0.15) is 0 Å². The molecule has 0 aliphatic carbocycles. The molecule has 1 aromatic rings. The van der Waals surface area contributed by atoms with Crippen LogP contribution in [0.4, 0.5) is 5.69 Å². The van der Waals surface area contributed by atoms with E-state index < -0.39 is 0 Å². The van der Waals surface area contributed by atoms with Crippen LogP contribution in [0.2, 0.25) is 0 Å². The number of amides is 1. The highest BCUT2D eigenvalue weighted by molar-refractivity contribution is 7.99. The maximum atomic E-state index is 12.0. The molecule has 1 amide bonds. The molecule has 0 saturated carbocycles. The van der Waals surface area contributed by atoms with Crippen LogP contribution in [0.15, 0.2) is 29.2 Å². The van der Waals surface area contributed by atoms with Gasteiger partial charge in [0.1, 0.15) is 0 Å². The normalized spacial score (nSPS) is 14.7. The Bertz CT molecular complexity index is 381. The monoisotopic (exact) mass is 236 g/mol. The van der Waals surface area contributed by atoms with Crippen molar-refractivity contribution in [2.75, 3.05) is 23.7 Å². The SMILES string of the molecule is NCCCC(=O)N1CCSc2ccccc21. The van der Waals surface area contributed by atoms with Crippen LogP contribution in [0.3, 0.4) is 0 Å². The number of nitrogens with two attached hydrogens (primary N) is 1. The van der Waals surface area contributed by atoms with Crippen LogP contribution in [-0.4, -0.2) is 24.7 Å². The van der Waals surface area contributed by atoms with E-state index in [2.05, 4.69) is 6.07 Å². The van der Waals surface area contributed by atoms with Crippen molar-refractivity contribution in [1.29, 1.82) is 0 Å². The van der Waals surface area contributed by atoms with E-state index in [4.69, 9.17) is 5.73 Å². The number of rotatable bonds is 3. The zero-order valence-corrected chi connectivity index (χ0v) is 10.0. The fraction of sp³-hybridized carbons (Fsp3) is 0.417. The molecule has 1 heterocycles. The molecule has 0 atom stereocenters. The van der Waals surface area contributed by atoms with Gasteiger partial charge in [-0.1, -0.05) is 12.1 Å². The Morgan fingerprint density at radius 2 is 2.25 bits per heavy atom. The smallest absolute Gasteiger partial charge is 0.227 e. The predicted octanol–water partition coefficient (Wildman–Crippen LogP) is 1.86. The quantitative estimate of drug-likeness (QED) is 0.871. The zero-order valence-electron chi connectivity index (χ0n) is 9.19. The number of anilines is 1. The molecule has 0 saturated heterocycles. The lowest BCUT2D eigenvalue weighted by atomic mass is 10.2. The highest BCUT2D eigenvalue weighted by Crippen LogP contribution is 2.34. The molecule has 0 fully saturated rings. The van der Waals surface area contributed by atoms with Crippen LogP contribution in [0.25, 0.3) is 0 Å². The fourth-order valence-corrected chi connectivity index (χ4v) is 2.81. The summed E-state index contributed by atoms with van der Waals surface area (Å²) >= 11 is 1.82. The molecule has 1 aromatic carbocycles. The first-order valence-corrected chi connectivity index (χ1v) is 6.54. The first kappa shape index (κ1) is 11.5. The summed E-state index contributed by atoms with van der Waals surface area (Å²) < 4.78 is 0. The Labute approximate surface area is 100.0 Å². The maximum absolute atomic E-state index is 12.0. The molecule has 0 aromatic heterocycles. The molecule has 1 aliphatic heterocycles. The van der Waals surface area contributed by atoms with Crippen LogP contribution >= 0.6 is 11.8 Å². The van der Waals surface area contributed by atoms with Crippen molar-refractivity contribution in [1.82, 2.24) is 0 Å². The van der Waals surface area contributed by atoms with E-state index in [0.29, 0.717) is 13.0 Å². The van der Waals surface area contributed by atoms with E-state index in [1.54, 1.807) is 0 Å². The summed E-state index contributed by atoms with van der Waals surface area (Å²) in [5.41, 5.74) is 6.48. The molecule has 1 aliphatic rings. The van der Waals surface area contributed by atoms with Crippen molar-refractivity contribution in [2.24, 2.45) is 5.73 Å². The van der Waals surface area contributed by atoms with Gasteiger partial charge in [0.05, 0.1) is 5.69 Å². The van der Waals surface area contributed by atoms with Gasteiger partial charge >= 0.3 is 0 Å². The van der Waals surface area contributed by atoms with Crippen molar-refractivity contribution in [3.05, 3.63) is 24.3 Å². The molecule has 0 radical (unpaired) electrons. The number of hydrogen-bond donors (Lipinski definition) is 1. The molecule has 3 nitrogen and oxygen atoms in total. The lowest BCUT2D eigenvalue weighted by Gasteiger charge is -2.29. The molecule has 0 bridgehead atoms. The van der Waals surface area contributed by atoms with Gasteiger partial charge in [-0.3, -0.25) is 4.79 Å². The van der Waals surface area contributed by atoms with E-state index in [-0.39, 0.29) is 5.91 Å². The number of carbonyl (C=O) groups is 1. The lowest BCUT2D eigenvalue weighted by Crippen LogP contribution is -2.35. The first-order chi connectivity index (χ1) is 7.83. The van der Waals surface area contributed by atoms with Crippen molar-refractivity contribution in [3.8, 4) is 0 Å². The molecule has 2 N–H and O–H groups in total. The second-order valence-corrected chi connectivity index (χ2v) is 4.89. The number of benzene rings is 1. The van der Waals surface area contributed by atoms with E-state index >= 15 is 0 Å². The zero-order chi connectivity index (χ0) is 11.4. The van der Waals surface area contributed by atoms with Gasteiger partial charge < -0.3 is 10.6 Å². The first-order valence-electron chi connectivity index (χ1n) is 5.55. The van der Waals surface area contributed by atoms with E-state index in [0.717, 1.165) is 24.4 Å². The molecular formula is C12H16N2OS. The standard InChI is InChI=1S/C12H16N2OS/c13-7-3-6-12(15)14-8-9-16-11-5-2-1-4-10(11)14/h1-2,4-5H,3,6-9,13H2. The average Bonchev–Trinajstić information content (AvgIpc) is 2.35. The van der Waals surface area contributed by atoms with Gasteiger partial charge in [0.2, 0.25) is 5.91 Å². The van der Waals surface area contributed by atoms with E-state index in [1.807, 2.05) is 34.9 Å². The summed E-state index contributed by atoms with van der Waals surface area (Å²) in [6.45, 7) is 1.39. The number of thioether (sulfide) groups is 1. The summed E-state index contributed by atoms with van der Waals surface area (Å²) in [5, 5.41) is 0. The van der Waals surface area contributed by atoms with Gasteiger partial charge in [-0.15, -0.1) is 11.8 Å². The summed E-state index contributed by atoms with van der Waals surface area (Å²) in [6, 6.07) is 8.08. The van der Waals surface area contributed by atoms with E-state index in [1.165, 1.54) is 4.90 Å². The minimum Gasteiger partial charge on any atom is -0.330 e. The Morgan fingerprint density at radius 1 is 1.44 bits per heavy atom. The fourth-order valence-electron chi connectivity index (χ4n) is 1.82. The number of fused-ring (bicyclic) bond motifs is 1. The molecule has 0 spiro atoms. The number of nitrogens with zero attached hydrogens (tertiary/aromatic N) is 1. The van der Waals surface area contributed by atoms with Crippen LogP contribution in [0.1, 0.15) is 12.8 Å². The van der Waals surface area contributed by atoms with Crippen molar-refractivity contribution < 1.29 is 4.79 Å². The van der Waals surface area contributed by atoms with Gasteiger partial charge in [0.15, 0.2) is 0 Å². The van der Waals surface area contributed by atoms with E-state index in [9.17, 15) is 4.79 Å². The summed E-state index contributed by atoms with van der Waals surface area (Å²) in [4.78, 5) is 15.1. The largest absolute Gasteiger partial charge is 0.330 e. The number of carbonyl (C=O) groups excluding carboxylic acids is 1. The second kappa shape index (κ2) is 5.37. The third-order valence-electron chi connectivity index (χ3n) is 2.62. The van der Waals surface area contributed by atoms with Crippen LogP contribution < -0.4 is 10.6 Å². The van der Waals surface area contributed by atoms with Gasteiger partial charge in [0.25, 0.3) is 0 Å². The van der Waals surface area contributed by atoms with Crippen molar-refractivity contribution in [2.45, 2.75) is 17.7 Å². The molecule has 16 heavy (non-hydrogen) atoms. The third-order valence-corrected chi connectivity index (χ3v) is 3.67. The maximum Gasteiger partial charge on any atom is 0.227 e. The molecular weight excluding hydrogens is 220 g/mol. The van der Waals surface area contributed by atoms with Crippen LogP contribution in [0, 0.1) is 0 Å².